The van der Waals surface area contributed by atoms with E-state index < -0.39 is 40.3 Å². The number of nitro groups is 1. The van der Waals surface area contributed by atoms with Crippen LogP contribution >= 0.6 is 0 Å². The lowest BCUT2D eigenvalue weighted by atomic mass is 9.56. The monoisotopic (exact) mass is 454 g/mol. The number of hydrogen-bond donors (Lipinski definition) is 1. The third-order valence-electron chi connectivity index (χ3n) is 8.15. The molecule has 3 aliphatic heterocycles. The Morgan fingerprint density at radius 1 is 1.15 bits per heavy atom. The van der Waals surface area contributed by atoms with Gasteiger partial charge in [0.2, 0.25) is 11.8 Å². The Kier molecular flexibility index (Phi) is 4.33. The number of nitrogens with one attached hydrogen (secondary N) is 1. The van der Waals surface area contributed by atoms with Gasteiger partial charge in [0.1, 0.15) is 0 Å². The first-order valence-electron chi connectivity index (χ1n) is 11.6. The zero-order valence-corrected chi connectivity index (χ0v) is 19.7. The van der Waals surface area contributed by atoms with E-state index in [0.717, 1.165) is 29.8 Å². The van der Waals surface area contributed by atoms with Crippen LogP contribution in [-0.2, 0) is 16.0 Å². The van der Waals surface area contributed by atoms with Gasteiger partial charge in [-0.1, -0.05) is 20.8 Å². The second-order valence-corrected chi connectivity index (χ2v) is 11.6. The molecule has 0 radical (unpaired) electrons. The molecule has 4 atom stereocenters. The van der Waals surface area contributed by atoms with E-state index in [1.165, 1.54) is 12.1 Å². The van der Waals surface area contributed by atoms with Gasteiger partial charge in [-0.25, -0.2) is 4.79 Å². The highest BCUT2D eigenvalue weighted by molar-refractivity contribution is 6.20. The average molecular weight is 455 g/mol. The van der Waals surface area contributed by atoms with Crippen molar-refractivity contribution in [3.8, 4) is 0 Å². The molecule has 0 unspecified atom stereocenters. The number of benzene rings is 1. The molecular weight excluding hydrogens is 424 g/mol. The average Bonchev–Trinajstić information content (AvgIpc) is 2.91. The molecule has 33 heavy (non-hydrogen) atoms. The van der Waals surface area contributed by atoms with Crippen LogP contribution in [-0.4, -0.2) is 45.8 Å². The summed E-state index contributed by atoms with van der Waals surface area (Å²) in [5, 5.41) is 14.0. The molecule has 176 valence electrons. The molecule has 1 aromatic rings. The second kappa shape index (κ2) is 6.55. The molecule has 9 heteroatoms. The van der Waals surface area contributed by atoms with E-state index in [9.17, 15) is 24.5 Å². The molecule has 1 N–H and O–H groups in total. The number of urea groups is 1. The second-order valence-electron chi connectivity index (χ2n) is 11.6. The zero-order valence-electron chi connectivity index (χ0n) is 19.7. The number of fused-ring (bicyclic) bond motifs is 8. The highest BCUT2D eigenvalue weighted by Gasteiger charge is 2.71. The summed E-state index contributed by atoms with van der Waals surface area (Å²) >= 11 is 0. The van der Waals surface area contributed by atoms with Crippen LogP contribution in [0.2, 0.25) is 0 Å². The third kappa shape index (κ3) is 2.80. The maximum Gasteiger partial charge on any atom is 0.331 e. The summed E-state index contributed by atoms with van der Waals surface area (Å²) in [6.45, 7) is 10.1. The van der Waals surface area contributed by atoms with Gasteiger partial charge >= 0.3 is 6.03 Å². The summed E-state index contributed by atoms with van der Waals surface area (Å²) in [5.41, 5.74) is -0.450. The van der Waals surface area contributed by atoms with E-state index in [-0.39, 0.29) is 29.0 Å². The maximum atomic E-state index is 14.1. The Bertz CT molecular complexity index is 1110. The van der Waals surface area contributed by atoms with Crippen molar-refractivity contribution in [1.82, 2.24) is 10.2 Å². The Labute approximate surface area is 192 Å². The molecule has 3 fully saturated rings. The molecule has 1 saturated carbocycles. The van der Waals surface area contributed by atoms with Crippen LogP contribution in [0, 0.1) is 26.4 Å². The van der Waals surface area contributed by atoms with Gasteiger partial charge in [0.15, 0.2) is 5.41 Å². The first-order valence-corrected chi connectivity index (χ1v) is 11.6. The van der Waals surface area contributed by atoms with E-state index in [1.54, 1.807) is 19.9 Å². The van der Waals surface area contributed by atoms with Crippen molar-refractivity contribution in [2.75, 3.05) is 4.90 Å². The highest BCUT2D eigenvalue weighted by atomic mass is 16.6. The number of carbonyl (C=O) groups excluding carboxylic acids is 3. The molecule has 0 aromatic heterocycles. The van der Waals surface area contributed by atoms with Crippen molar-refractivity contribution in [3.63, 3.8) is 0 Å². The maximum absolute atomic E-state index is 14.1. The molecule has 3 heterocycles. The van der Waals surface area contributed by atoms with Gasteiger partial charge < -0.3 is 4.90 Å². The smallest absolute Gasteiger partial charge is 0.331 e. The number of nitro benzene ring substituents is 1. The fourth-order valence-electron chi connectivity index (χ4n) is 7.62. The summed E-state index contributed by atoms with van der Waals surface area (Å²) in [4.78, 5) is 54.8. The summed E-state index contributed by atoms with van der Waals surface area (Å²) in [7, 11) is 0. The lowest BCUT2D eigenvalue weighted by Gasteiger charge is -2.54. The van der Waals surface area contributed by atoms with Crippen molar-refractivity contribution in [2.45, 2.75) is 78.4 Å². The first-order chi connectivity index (χ1) is 15.3. The number of imide groups is 2. The van der Waals surface area contributed by atoms with Crippen molar-refractivity contribution in [3.05, 3.63) is 33.9 Å². The highest BCUT2D eigenvalue weighted by Crippen LogP contribution is 2.64. The van der Waals surface area contributed by atoms with Crippen molar-refractivity contribution >= 4 is 29.2 Å². The van der Waals surface area contributed by atoms with Crippen molar-refractivity contribution in [2.24, 2.45) is 16.2 Å². The van der Waals surface area contributed by atoms with Crippen LogP contribution in [0.4, 0.5) is 16.2 Å². The van der Waals surface area contributed by atoms with Crippen LogP contribution in [0.1, 0.15) is 59.4 Å². The molecule has 1 aromatic carbocycles. The molecule has 2 bridgehead atoms. The Balaban J connectivity index is 1.78. The van der Waals surface area contributed by atoms with Crippen LogP contribution in [0.25, 0.3) is 0 Å². The number of anilines is 1. The van der Waals surface area contributed by atoms with Gasteiger partial charge in [-0.3, -0.25) is 29.9 Å². The first kappa shape index (κ1) is 21.9. The minimum absolute atomic E-state index is 0.0128. The number of hydrogen-bond acceptors (Lipinski definition) is 6. The summed E-state index contributed by atoms with van der Waals surface area (Å²) in [5.74, 6) is -1.09. The fourth-order valence-corrected chi connectivity index (χ4v) is 7.62. The third-order valence-corrected chi connectivity index (χ3v) is 8.15. The number of carbonyl (C=O) groups is 3. The van der Waals surface area contributed by atoms with Gasteiger partial charge in [0.05, 0.1) is 11.0 Å². The molecule has 9 nitrogen and oxygen atoms in total. The SMILES string of the molecule is CC(C)N1C(=O)NC(=O)[C@@]2(Cc3cc([N+](=O)[O-])ccc3N3[C@H]4CC(C)(C)C[C@@](C)(C4)[C@H]32)C1=O. The van der Waals surface area contributed by atoms with E-state index in [0.29, 0.717) is 5.56 Å². The molecule has 5 rings (SSSR count). The quantitative estimate of drug-likeness (QED) is 0.416. The van der Waals surface area contributed by atoms with Gasteiger partial charge in [-0.05, 0) is 55.6 Å². The molecule has 4 amide bonds. The molecular formula is C24H30N4O5. The number of barbiturate groups is 1. The van der Waals surface area contributed by atoms with Gasteiger partial charge in [0, 0.05) is 36.3 Å². The fraction of sp³-hybridized carbons (Fsp3) is 0.625. The van der Waals surface area contributed by atoms with Crippen LogP contribution in [0.3, 0.4) is 0 Å². The zero-order chi connectivity index (χ0) is 24.1. The Morgan fingerprint density at radius 2 is 1.85 bits per heavy atom. The minimum Gasteiger partial charge on any atom is -0.363 e. The number of non-ortho nitro benzene ring substituents is 1. The molecule has 2 saturated heterocycles. The summed E-state index contributed by atoms with van der Waals surface area (Å²) < 4.78 is 0. The number of amides is 4. The largest absolute Gasteiger partial charge is 0.363 e. The summed E-state index contributed by atoms with van der Waals surface area (Å²) in [6, 6.07) is 3.29. The normalized spacial score (nSPS) is 34.4. The lowest BCUT2D eigenvalue weighted by molar-refractivity contribution is -0.384. The number of rotatable bonds is 2. The van der Waals surface area contributed by atoms with E-state index >= 15 is 0 Å². The topological polar surface area (TPSA) is 113 Å². The van der Waals surface area contributed by atoms with Crippen LogP contribution < -0.4 is 10.2 Å². The number of nitrogens with zero attached hydrogens (tertiary/aromatic N) is 3. The predicted octanol–water partition coefficient (Wildman–Crippen LogP) is 3.40. The van der Waals surface area contributed by atoms with E-state index in [4.69, 9.17) is 0 Å². The predicted molar refractivity (Wildman–Crippen MR) is 121 cm³/mol. The van der Waals surface area contributed by atoms with Gasteiger partial charge in [0.25, 0.3) is 5.69 Å². The van der Waals surface area contributed by atoms with Crippen LogP contribution in [0.5, 0.6) is 0 Å². The Morgan fingerprint density at radius 3 is 2.48 bits per heavy atom. The van der Waals surface area contributed by atoms with Gasteiger partial charge in [-0.15, -0.1) is 0 Å². The molecule has 1 spiro atoms. The minimum atomic E-state index is -1.52. The van der Waals surface area contributed by atoms with Crippen molar-refractivity contribution < 1.29 is 19.3 Å². The summed E-state index contributed by atoms with van der Waals surface area (Å²) in [6.07, 6.45) is 2.61. The van der Waals surface area contributed by atoms with Crippen LogP contribution in [0.15, 0.2) is 18.2 Å². The van der Waals surface area contributed by atoms with E-state index in [2.05, 4.69) is 31.0 Å². The molecule has 4 aliphatic rings. The lowest BCUT2D eigenvalue weighted by Crippen LogP contribution is -2.74. The van der Waals surface area contributed by atoms with E-state index in [1.807, 2.05) is 0 Å². The van der Waals surface area contributed by atoms with Gasteiger partial charge in [-0.2, -0.15) is 0 Å². The Hall–Kier alpha value is -2.97. The molecule has 1 aliphatic carbocycles. The standard InChI is InChI=1S/C24H30N4O5/c1-13(2)26-20(30)24(19(29)25-21(26)31)9-14-8-15(28(32)33)6-7-17(14)27-16-10-22(3,4)12-23(5,11-16)18(24)27/h6-8,13,16,18H,9-12H2,1-5H3,(H,25,29,31)/t16-,18-,23+,24-/m0/s1. The van der Waals surface area contributed by atoms with Crippen molar-refractivity contribution in [1.29, 1.82) is 0 Å².